The number of Topliss-reactive ketones (excluding diaryl/α,β-unsaturated/α-hetero) is 1. The van der Waals surface area contributed by atoms with Crippen LogP contribution in [0.5, 0.6) is 0 Å². The molecule has 9 atom stereocenters. The van der Waals surface area contributed by atoms with Crippen molar-refractivity contribution in [2.24, 2.45) is 28.6 Å². The summed E-state index contributed by atoms with van der Waals surface area (Å²) in [6.45, 7) is 23.9. The van der Waals surface area contributed by atoms with Gasteiger partial charge in [-0.25, -0.2) is 0 Å². The van der Waals surface area contributed by atoms with Gasteiger partial charge in [0.05, 0.1) is 34.5 Å². The van der Waals surface area contributed by atoms with Crippen LogP contribution in [0.2, 0.25) is 0 Å². The maximum absolute atomic E-state index is 14.9. The molecule has 2 aromatic rings. The largest absolute Gasteiger partial charge is 0.396 e. The van der Waals surface area contributed by atoms with Crippen molar-refractivity contribution in [3.63, 3.8) is 0 Å². The van der Waals surface area contributed by atoms with Crippen LogP contribution in [0.4, 0.5) is 0 Å². The molecule has 0 radical (unpaired) electrons. The second-order valence-electron chi connectivity index (χ2n) is 19.4. The molecule has 4 aliphatic carbocycles. The van der Waals surface area contributed by atoms with Crippen LogP contribution < -0.4 is 5.32 Å². The topological polar surface area (TPSA) is 121 Å². The van der Waals surface area contributed by atoms with Crippen LogP contribution in [0.25, 0.3) is 16.5 Å². The Bertz CT molecular complexity index is 2100. The number of hydrogen-bond acceptors (Lipinski definition) is 6. The molecule has 8 nitrogen and oxygen atoms in total. The monoisotopic (exact) mass is 736 g/mol. The van der Waals surface area contributed by atoms with Gasteiger partial charge in [0.25, 0.3) is 0 Å². The quantitative estimate of drug-likeness (QED) is 0.101. The average Bonchev–Trinajstić information content (AvgIpc) is 3.75. The normalized spacial score (nSPS) is 37.1. The fraction of sp³-hybridized carbons (Fsp3) is 0.609. The number of fused-ring (bicyclic) bond motifs is 11. The number of benzene rings is 1. The molecule has 8 rings (SSSR count). The highest BCUT2D eigenvalue weighted by Gasteiger charge is 2.67. The summed E-state index contributed by atoms with van der Waals surface area (Å²) < 4.78 is 8.89. The first-order valence-corrected chi connectivity index (χ1v) is 20.2. The molecule has 0 saturated heterocycles. The molecule has 8 heteroatoms. The van der Waals surface area contributed by atoms with Crippen LogP contribution in [0, 0.1) is 28.6 Å². The zero-order valence-corrected chi connectivity index (χ0v) is 33.7. The Morgan fingerprint density at radius 2 is 1.81 bits per heavy atom. The van der Waals surface area contributed by atoms with Crippen LogP contribution >= 0.6 is 0 Å². The number of ketones is 1. The van der Waals surface area contributed by atoms with Gasteiger partial charge in [0.2, 0.25) is 5.91 Å². The Kier molecular flexibility index (Phi) is 8.43. The third-order valence-corrected chi connectivity index (χ3v) is 15.4. The number of amides is 1. The molecule has 3 heterocycles. The van der Waals surface area contributed by atoms with Crippen LogP contribution in [0.1, 0.15) is 139 Å². The summed E-state index contributed by atoms with van der Waals surface area (Å²) in [4.78, 5) is 27.6. The smallest absolute Gasteiger partial charge is 0.246 e. The average molecular weight is 737 g/mol. The molecule has 2 fully saturated rings. The summed E-state index contributed by atoms with van der Waals surface area (Å²) in [6.07, 6.45) is 11.7. The number of allylic oxidation sites excluding steroid dienone is 3. The summed E-state index contributed by atoms with van der Waals surface area (Å²) >= 11 is 0. The number of carbonyl (C=O) groups is 2. The van der Waals surface area contributed by atoms with Gasteiger partial charge in [-0.15, -0.1) is 0 Å². The molecule has 2 aliphatic heterocycles. The van der Waals surface area contributed by atoms with E-state index in [1.807, 2.05) is 19.1 Å². The van der Waals surface area contributed by atoms with Gasteiger partial charge >= 0.3 is 0 Å². The highest BCUT2D eigenvalue weighted by molar-refractivity contribution is 6.18. The van der Waals surface area contributed by atoms with Crippen LogP contribution in [0.3, 0.4) is 0 Å². The number of aromatic nitrogens is 1. The maximum atomic E-state index is 14.9. The number of ether oxygens (including phenoxy) is 1. The minimum absolute atomic E-state index is 0.0254. The third kappa shape index (κ3) is 4.81. The zero-order chi connectivity index (χ0) is 39.1. The van der Waals surface area contributed by atoms with Crippen LogP contribution in [-0.4, -0.2) is 62.0 Å². The standard InChI is InChI=1S/C46H60N2O6/c1-24(2)36-39(52)34-33-27(30-23-42(4,5)54-43(6,7)35(30)38(33)51)22-28-29-21-26-14-15-31-44(8,17-11-13-25(3)41(53)47-19-12-20-49)32(50)16-18-45(31,9)46(26,10)40(29)48(36)37(28)34/h11,13,17,22-23,26,31-32,35-36,38,49-51H,1,12,14-16,18-21H2,2-10H3,(H,47,53)/b17-11+,25-13+. The molecule has 0 bridgehead atoms. The summed E-state index contributed by atoms with van der Waals surface area (Å²) in [6, 6.07) is 1.76. The lowest BCUT2D eigenvalue weighted by molar-refractivity contribution is -0.144. The van der Waals surface area contributed by atoms with E-state index in [0.717, 1.165) is 58.9 Å². The van der Waals surface area contributed by atoms with Gasteiger partial charge in [0.15, 0.2) is 5.78 Å². The second-order valence-corrected chi connectivity index (χ2v) is 19.4. The number of aliphatic hydroxyl groups excluding tert-OH is 3. The van der Waals surface area contributed by atoms with E-state index in [-0.39, 0.29) is 41.0 Å². The zero-order valence-electron chi connectivity index (χ0n) is 33.7. The summed E-state index contributed by atoms with van der Waals surface area (Å²) in [5, 5.41) is 37.1. The van der Waals surface area contributed by atoms with Gasteiger partial charge in [-0.1, -0.05) is 51.2 Å². The first kappa shape index (κ1) is 37.6. The molecule has 9 unspecified atom stereocenters. The Hall–Kier alpha value is -3.30. The molecular formula is C46H60N2O6. The molecule has 4 N–H and O–H groups in total. The fourth-order valence-electron chi connectivity index (χ4n) is 13.0. The van der Waals surface area contributed by atoms with Gasteiger partial charge in [-0.3, -0.25) is 9.59 Å². The number of hydrogen-bond donors (Lipinski definition) is 4. The number of carbonyl (C=O) groups excluding carboxylic acids is 2. The van der Waals surface area contributed by atoms with Crippen molar-refractivity contribution < 1.29 is 29.6 Å². The van der Waals surface area contributed by atoms with E-state index in [0.29, 0.717) is 36.4 Å². The van der Waals surface area contributed by atoms with Crippen LogP contribution in [-0.2, 0) is 21.4 Å². The van der Waals surface area contributed by atoms with Gasteiger partial charge < -0.3 is 29.9 Å². The number of rotatable bonds is 7. The lowest BCUT2D eigenvalue weighted by Crippen LogP contribution is -2.62. The van der Waals surface area contributed by atoms with Crippen molar-refractivity contribution in [3.8, 4) is 0 Å². The van der Waals surface area contributed by atoms with Gasteiger partial charge in [-0.2, -0.15) is 0 Å². The molecule has 290 valence electrons. The summed E-state index contributed by atoms with van der Waals surface area (Å²) in [5.74, 6) is 0.117. The molecular weight excluding hydrogens is 677 g/mol. The maximum Gasteiger partial charge on any atom is 0.246 e. The van der Waals surface area contributed by atoms with E-state index in [2.05, 4.69) is 83.1 Å². The highest BCUT2D eigenvalue weighted by atomic mass is 16.5. The van der Waals surface area contributed by atoms with Gasteiger partial charge in [0, 0.05) is 52.1 Å². The van der Waals surface area contributed by atoms with Crippen molar-refractivity contribution in [1.82, 2.24) is 9.88 Å². The first-order chi connectivity index (χ1) is 25.2. The Morgan fingerprint density at radius 3 is 2.50 bits per heavy atom. The fourth-order valence-corrected chi connectivity index (χ4v) is 13.0. The molecule has 0 spiro atoms. The molecule has 54 heavy (non-hydrogen) atoms. The summed E-state index contributed by atoms with van der Waals surface area (Å²) in [7, 11) is 0. The number of nitrogens with zero attached hydrogens (tertiary/aromatic N) is 1. The minimum atomic E-state index is -0.862. The second kappa shape index (κ2) is 12.1. The highest BCUT2D eigenvalue weighted by Crippen LogP contribution is 2.71. The molecule has 1 aromatic heterocycles. The van der Waals surface area contributed by atoms with E-state index in [4.69, 9.17) is 9.84 Å². The Morgan fingerprint density at radius 1 is 1.09 bits per heavy atom. The molecule has 1 aromatic carbocycles. The predicted molar refractivity (Wildman–Crippen MR) is 212 cm³/mol. The Labute approximate surface area is 320 Å². The predicted octanol–water partition coefficient (Wildman–Crippen LogP) is 7.60. The van der Waals surface area contributed by atoms with Crippen molar-refractivity contribution >= 4 is 28.2 Å². The lowest BCUT2D eigenvalue weighted by Gasteiger charge is -2.64. The van der Waals surface area contributed by atoms with E-state index in [1.54, 1.807) is 6.92 Å². The van der Waals surface area contributed by atoms with Crippen molar-refractivity contribution in [2.45, 2.75) is 136 Å². The van der Waals surface area contributed by atoms with E-state index in [1.165, 1.54) is 11.3 Å². The Balaban J connectivity index is 1.28. The van der Waals surface area contributed by atoms with E-state index >= 15 is 0 Å². The van der Waals surface area contributed by atoms with Crippen molar-refractivity contribution in [2.75, 3.05) is 13.2 Å². The number of aliphatic hydroxyl groups is 3. The molecule has 2 saturated carbocycles. The van der Waals surface area contributed by atoms with Crippen LogP contribution in [0.15, 0.2) is 48.1 Å². The van der Waals surface area contributed by atoms with Gasteiger partial charge in [-0.05, 0) is 126 Å². The molecule has 6 aliphatic rings. The first-order valence-electron chi connectivity index (χ1n) is 20.2. The number of nitrogens with one attached hydrogen (secondary N) is 1. The lowest BCUT2D eigenvalue weighted by atomic mass is 9.40. The van der Waals surface area contributed by atoms with E-state index < -0.39 is 34.9 Å². The minimum Gasteiger partial charge on any atom is -0.396 e. The van der Waals surface area contributed by atoms with Crippen molar-refractivity contribution in [1.29, 1.82) is 0 Å². The molecule has 1 amide bonds. The third-order valence-electron chi connectivity index (χ3n) is 15.4. The SMILES string of the molecule is C=C(C)C1C(=O)c2c3c(cc4c5c(n1c24)C1(C)C(CCC2C(C)(/C=C/C=C(\C)C(=O)NCCCO)C(O)CCC21C)C5)C1=CC(C)(C)OC(C)(C)C1C3O. The summed E-state index contributed by atoms with van der Waals surface area (Å²) in [5.41, 5.74) is 6.22. The van der Waals surface area contributed by atoms with Crippen molar-refractivity contribution in [3.05, 3.63) is 76.0 Å². The van der Waals surface area contributed by atoms with Gasteiger partial charge in [0.1, 0.15) is 6.04 Å². The van der Waals surface area contributed by atoms with E-state index in [9.17, 15) is 19.8 Å².